The summed E-state index contributed by atoms with van der Waals surface area (Å²) in [5, 5.41) is 1.71. The number of aromatic nitrogens is 3. The van der Waals surface area contributed by atoms with E-state index in [1.807, 2.05) is 4.90 Å². The highest BCUT2D eigenvalue weighted by molar-refractivity contribution is 5.99. The summed E-state index contributed by atoms with van der Waals surface area (Å²) in [5.74, 6) is -0.708. The molecule has 0 aliphatic carbocycles. The molecule has 0 N–H and O–H groups in total. The average Bonchev–Trinajstić information content (AvgIpc) is 2.87. The average molecular weight is 517 g/mol. The van der Waals surface area contributed by atoms with E-state index in [4.69, 9.17) is 11.3 Å². The molecule has 1 saturated heterocycles. The summed E-state index contributed by atoms with van der Waals surface area (Å²) >= 11 is 0. The Morgan fingerprint density at radius 1 is 1.13 bits per heavy atom. The molecule has 0 saturated carbocycles. The van der Waals surface area contributed by atoms with E-state index in [2.05, 4.69) is 19.8 Å². The molecule has 2 aromatic heterocycles. The fourth-order valence-electron chi connectivity index (χ4n) is 4.76. The minimum absolute atomic E-state index is 0.00141. The Labute approximate surface area is 218 Å². The molecule has 1 atom stereocenters. The standard InChI is InChI=1S/C28H26F2N6O2/c1-28(2,3)38-27(37)36-10-9-35(15-19(36)13-31-4)26-22-14-32-24(23(30)25(22)33-16-34-26)21-12-18(29)11-17-7-5-6-8-20(17)21/h5-8,11-12,14,16,19H,9-10,13,15H2,1-3H3/t19-/m0/s1. The monoisotopic (exact) mass is 516 g/mol. The number of rotatable bonds is 3. The number of carbonyl (C=O) groups excluding carboxylic acids is 1. The Balaban J connectivity index is 1.51. The Bertz CT molecular complexity index is 1580. The summed E-state index contributed by atoms with van der Waals surface area (Å²) in [6, 6.07) is 9.39. The fourth-order valence-corrected chi connectivity index (χ4v) is 4.76. The van der Waals surface area contributed by atoms with Crippen molar-refractivity contribution in [3.8, 4) is 11.3 Å². The van der Waals surface area contributed by atoms with Crippen LogP contribution in [0.1, 0.15) is 20.8 Å². The third kappa shape index (κ3) is 4.79. The number of anilines is 1. The SMILES string of the molecule is [C-]#[N+]C[C@H]1CN(c2ncnc3c(F)c(-c4cc(F)cc5ccccc45)ncc23)CCN1C(=O)OC(C)(C)C. The highest BCUT2D eigenvalue weighted by atomic mass is 19.1. The van der Waals surface area contributed by atoms with Crippen LogP contribution in [-0.2, 0) is 4.74 Å². The molecule has 3 heterocycles. The summed E-state index contributed by atoms with van der Waals surface area (Å²) in [7, 11) is 0. The Morgan fingerprint density at radius 2 is 1.92 bits per heavy atom. The molecule has 1 fully saturated rings. The van der Waals surface area contributed by atoms with Gasteiger partial charge in [0, 0.05) is 31.4 Å². The first-order valence-electron chi connectivity index (χ1n) is 12.2. The number of ether oxygens (including phenoxy) is 1. The minimum Gasteiger partial charge on any atom is -0.444 e. The van der Waals surface area contributed by atoms with Gasteiger partial charge >= 0.3 is 6.09 Å². The summed E-state index contributed by atoms with van der Waals surface area (Å²) in [5.41, 5.74) is -0.264. The van der Waals surface area contributed by atoms with Crippen molar-refractivity contribution in [1.82, 2.24) is 19.9 Å². The van der Waals surface area contributed by atoms with Crippen LogP contribution in [0, 0.1) is 18.2 Å². The molecule has 0 radical (unpaired) electrons. The van der Waals surface area contributed by atoms with Crippen molar-refractivity contribution in [1.29, 1.82) is 0 Å². The van der Waals surface area contributed by atoms with Gasteiger partial charge in [0.15, 0.2) is 5.82 Å². The zero-order chi connectivity index (χ0) is 27.0. The van der Waals surface area contributed by atoms with Crippen LogP contribution < -0.4 is 4.90 Å². The van der Waals surface area contributed by atoms with Gasteiger partial charge in [0.1, 0.15) is 40.8 Å². The van der Waals surface area contributed by atoms with Crippen molar-refractivity contribution in [2.45, 2.75) is 32.4 Å². The fraction of sp³-hybridized carbons (Fsp3) is 0.321. The van der Waals surface area contributed by atoms with E-state index in [-0.39, 0.29) is 17.8 Å². The molecule has 38 heavy (non-hydrogen) atoms. The second kappa shape index (κ2) is 9.82. The summed E-state index contributed by atoms with van der Waals surface area (Å²) in [6.45, 7) is 13.9. The Hall–Kier alpha value is -4.39. The molecule has 10 heteroatoms. The van der Waals surface area contributed by atoms with Crippen LogP contribution in [0.2, 0.25) is 0 Å². The largest absolute Gasteiger partial charge is 0.444 e. The van der Waals surface area contributed by atoms with Crippen molar-refractivity contribution in [2.75, 3.05) is 31.1 Å². The highest BCUT2D eigenvalue weighted by Crippen LogP contribution is 2.34. The van der Waals surface area contributed by atoms with Crippen molar-refractivity contribution < 1.29 is 18.3 Å². The number of hydrogen-bond acceptors (Lipinski definition) is 6. The molecule has 1 aliphatic heterocycles. The van der Waals surface area contributed by atoms with Gasteiger partial charge in [0.2, 0.25) is 6.54 Å². The second-order valence-electron chi connectivity index (χ2n) is 10.2. The topological polar surface area (TPSA) is 75.8 Å². The number of halogens is 2. The zero-order valence-corrected chi connectivity index (χ0v) is 21.3. The first-order chi connectivity index (χ1) is 18.2. The van der Waals surface area contributed by atoms with Gasteiger partial charge < -0.3 is 14.5 Å². The maximum Gasteiger partial charge on any atom is 0.410 e. The molecule has 0 spiro atoms. The number of hydrogen-bond donors (Lipinski definition) is 0. The molecular weight excluding hydrogens is 490 g/mol. The lowest BCUT2D eigenvalue weighted by molar-refractivity contribution is 0.0156. The molecule has 1 amide bonds. The maximum absolute atomic E-state index is 15.9. The predicted molar refractivity (Wildman–Crippen MR) is 141 cm³/mol. The first-order valence-corrected chi connectivity index (χ1v) is 12.2. The van der Waals surface area contributed by atoms with Crippen LogP contribution >= 0.6 is 0 Å². The molecule has 4 aromatic rings. The van der Waals surface area contributed by atoms with Gasteiger partial charge in [0.25, 0.3) is 0 Å². The third-order valence-corrected chi connectivity index (χ3v) is 6.40. The van der Waals surface area contributed by atoms with Gasteiger partial charge in [0.05, 0.1) is 5.39 Å². The van der Waals surface area contributed by atoms with Gasteiger partial charge in [-0.15, -0.1) is 0 Å². The first kappa shape index (κ1) is 25.3. The molecule has 5 rings (SSSR count). The maximum atomic E-state index is 15.9. The normalized spacial score (nSPS) is 16.1. The molecule has 0 bridgehead atoms. The number of nitrogens with zero attached hydrogens (tertiary/aromatic N) is 6. The number of carbonyl (C=O) groups is 1. The van der Waals surface area contributed by atoms with E-state index in [1.54, 1.807) is 49.9 Å². The van der Waals surface area contributed by atoms with Crippen LogP contribution in [0.25, 0.3) is 37.8 Å². The van der Waals surface area contributed by atoms with E-state index >= 15 is 4.39 Å². The quantitative estimate of drug-likeness (QED) is 0.336. The minimum atomic E-state index is -0.674. The molecule has 2 aromatic carbocycles. The van der Waals surface area contributed by atoms with Crippen LogP contribution in [0.4, 0.5) is 19.4 Å². The summed E-state index contributed by atoms with van der Waals surface area (Å²) in [4.78, 5) is 32.7. The van der Waals surface area contributed by atoms with E-state index in [1.165, 1.54) is 24.7 Å². The van der Waals surface area contributed by atoms with Crippen molar-refractivity contribution in [3.63, 3.8) is 0 Å². The Morgan fingerprint density at radius 3 is 2.68 bits per heavy atom. The number of fused-ring (bicyclic) bond motifs is 2. The van der Waals surface area contributed by atoms with Crippen molar-refractivity contribution in [3.05, 3.63) is 72.0 Å². The number of pyridine rings is 1. The summed E-state index contributed by atoms with van der Waals surface area (Å²) in [6.07, 6.45) is 2.29. The smallest absolute Gasteiger partial charge is 0.410 e. The van der Waals surface area contributed by atoms with Crippen LogP contribution in [-0.4, -0.2) is 63.8 Å². The van der Waals surface area contributed by atoms with E-state index in [0.717, 1.165) is 0 Å². The number of amides is 1. The predicted octanol–water partition coefficient (Wildman–Crippen LogP) is 5.47. The van der Waals surface area contributed by atoms with Crippen LogP contribution in [0.3, 0.4) is 0 Å². The van der Waals surface area contributed by atoms with Gasteiger partial charge in [-0.1, -0.05) is 24.3 Å². The van der Waals surface area contributed by atoms with E-state index in [0.29, 0.717) is 47.2 Å². The number of piperazine rings is 1. The third-order valence-electron chi connectivity index (χ3n) is 6.40. The Kier molecular flexibility index (Phi) is 6.53. The van der Waals surface area contributed by atoms with Crippen LogP contribution in [0.5, 0.6) is 0 Å². The van der Waals surface area contributed by atoms with E-state index in [9.17, 15) is 9.18 Å². The molecule has 1 aliphatic rings. The lowest BCUT2D eigenvalue weighted by Crippen LogP contribution is -2.57. The molecule has 0 unspecified atom stereocenters. The number of benzene rings is 2. The molecule has 8 nitrogen and oxygen atoms in total. The molecular formula is C28H26F2N6O2. The highest BCUT2D eigenvalue weighted by Gasteiger charge is 2.36. The second-order valence-corrected chi connectivity index (χ2v) is 10.2. The summed E-state index contributed by atoms with van der Waals surface area (Å²) < 4.78 is 35.8. The van der Waals surface area contributed by atoms with Gasteiger partial charge in [-0.2, -0.15) is 0 Å². The molecule has 194 valence electrons. The van der Waals surface area contributed by atoms with E-state index < -0.39 is 29.4 Å². The zero-order valence-electron chi connectivity index (χ0n) is 21.3. The lowest BCUT2D eigenvalue weighted by Gasteiger charge is -2.40. The van der Waals surface area contributed by atoms with Gasteiger partial charge in [-0.25, -0.2) is 30.1 Å². The lowest BCUT2D eigenvalue weighted by atomic mass is 10.0. The van der Waals surface area contributed by atoms with Gasteiger partial charge in [-0.3, -0.25) is 9.88 Å². The van der Waals surface area contributed by atoms with Crippen molar-refractivity contribution in [2.24, 2.45) is 0 Å². The van der Waals surface area contributed by atoms with Crippen LogP contribution in [0.15, 0.2) is 48.9 Å². The van der Waals surface area contributed by atoms with Crippen molar-refractivity contribution >= 4 is 33.6 Å². The van der Waals surface area contributed by atoms with Gasteiger partial charge in [-0.05, 0) is 43.7 Å².